The van der Waals surface area contributed by atoms with Crippen molar-refractivity contribution in [2.45, 2.75) is 58.0 Å². The quantitative estimate of drug-likeness (QED) is 0.819. The summed E-state index contributed by atoms with van der Waals surface area (Å²) in [6.45, 7) is 4.61. The molecule has 100 valence electrons. The molecule has 2 heteroatoms. The Kier molecular flexibility index (Phi) is 5.25. The van der Waals surface area contributed by atoms with Gasteiger partial charge in [0.1, 0.15) is 0 Å². The molecule has 0 radical (unpaired) electrons. The Labute approximate surface area is 119 Å². The van der Waals surface area contributed by atoms with E-state index >= 15 is 0 Å². The Balaban J connectivity index is 1.99. The van der Waals surface area contributed by atoms with Crippen molar-refractivity contribution < 1.29 is 0 Å². The van der Waals surface area contributed by atoms with E-state index in [2.05, 4.69) is 59.4 Å². The Morgan fingerprint density at radius 3 is 2.83 bits per heavy atom. The van der Waals surface area contributed by atoms with E-state index < -0.39 is 0 Å². The number of hydrogen-bond acceptors (Lipinski definition) is 1. The van der Waals surface area contributed by atoms with Crippen LogP contribution in [0.2, 0.25) is 0 Å². The second kappa shape index (κ2) is 6.72. The van der Waals surface area contributed by atoms with Crippen molar-refractivity contribution in [1.29, 1.82) is 0 Å². The molecule has 0 aromatic heterocycles. The van der Waals surface area contributed by atoms with Gasteiger partial charge in [-0.1, -0.05) is 54.2 Å². The van der Waals surface area contributed by atoms with Gasteiger partial charge in [0.15, 0.2) is 0 Å². The molecular weight excluding hydrogens is 286 g/mol. The minimum absolute atomic E-state index is 0.444. The molecule has 1 saturated carbocycles. The predicted octanol–water partition coefficient (Wildman–Crippen LogP) is 5.07. The van der Waals surface area contributed by atoms with Crippen LogP contribution < -0.4 is 5.32 Å². The molecule has 1 aromatic rings. The van der Waals surface area contributed by atoms with Gasteiger partial charge in [-0.3, -0.25) is 0 Å². The molecule has 1 aromatic carbocycles. The molecule has 1 aliphatic carbocycles. The summed E-state index contributed by atoms with van der Waals surface area (Å²) in [6, 6.07) is 9.80. The van der Waals surface area contributed by atoms with Crippen LogP contribution >= 0.6 is 15.9 Å². The van der Waals surface area contributed by atoms with Gasteiger partial charge in [0.2, 0.25) is 0 Å². The third-order valence-corrected chi connectivity index (χ3v) is 4.74. The third-order valence-electron chi connectivity index (χ3n) is 4.25. The van der Waals surface area contributed by atoms with Crippen LogP contribution in [0.4, 0.5) is 0 Å². The normalized spacial score (nSPS) is 25.9. The van der Waals surface area contributed by atoms with Gasteiger partial charge >= 0.3 is 0 Å². The van der Waals surface area contributed by atoms with Crippen molar-refractivity contribution >= 4 is 15.9 Å². The maximum Gasteiger partial charge on any atom is 0.0294 e. The smallest absolute Gasteiger partial charge is 0.0294 e. The minimum Gasteiger partial charge on any atom is -0.307 e. The molecule has 1 N–H and O–H groups in total. The molecule has 3 atom stereocenters. The molecule has 18 heavy (non-hydrogen) atoms. The SMILES string of the molecule is CCC1CCCCC1NC(C)c1cccc(Br)c1. The summed E-state index contributed by atoms with van der Waals surface area (Å²) in [5.74, 6) is 0.869. The van der Waals surface area contributed by atoms with E-state index in [9.17, 15) is 0 Å². The maximum absolute atomic E-state index is 3.84. The fourth-order valence-electron chi connectivity index (χ4n) is 3.11. The molecule has 0 amide bonds. The zero-order valence-corrected chi connectivity index (χ0v) is 13.0. The lowest BCUT2D eigenvalue weighted by molar-refractivity contribution is 0.240. The van der Waals surface area contributed by atoms with E-state index in [-0.39, 0.29) is 0 Å². The van der Waals surface area contributed by atoms with Crippen LogP contribution in [0, 0.1) is 5.92 Å². The highest BCUT2D eigenvalue weighted by Gasteiger charge is 2.24. The van der Waals surface area contributed by atoms with Gasteiger partial charge in [0, 0.05) is 16.6 Å². The summed E-state index contributed by atoms with van der Waals surface area (Å²) in [5.41, 5.74) is 1.38. The van der Waals surface area contributed by atoms with Crippen molar-refractivity contribution in [3.63, 3.8) is 0 Å². The monoisotopic (exact) mass is 309 g/mol. The van der Waals surface area contributed by atoms with Crippen LogP contribution in [0.15, 0.2) is 28.7 Å². The van der Waals surface area contributed by atoms with Crippen LogP contribution in [0.5, 0.6) is 0 Å². The van der Waals surface area contributed by atoms with Gasteiger partial charge in [0.05, 0.1) is 0 Å². The largest absolute Gasteiger partial charge is 0.307 e. The Morgan fingerprint density at radius 2 is 2.11 bits per heavy atom. The first-order valence-corrected chi connectivity index (χ1v) is 8.01. The fraction of sp³-hybridized carbons (Fsp3) is 0.625. The highest BCUT2D eigenvalue weighted by atomic mass is 79.9. The summed E-state index contributed by atoms with van der Waals surface area (Å²) in [5, 5.41) is 3.84. The first kappa shape index (κ1) is 14.1. The summed E-state index contributed by atoms with van der Waals surface area (Å²) >= 11 is 3.55. The van der Waals surface area contributed by atoms with Crippen LogP contribution in [0.25, 0.3) is 0 Å². The van der Waals surface area contributed by atoms with Gasteiger partial charge in [0.25, 0.3) is 0 Å². The van der Waals surface area contributed by atoms with Crippen LogP contribution in [-0.2, 0) is 0 Å². The minimum atomic E-state index is 0.444. The Morgan fingerprint density at radius 1 is 1.33 bits per heavy atom. The van der Waals surface area contributed by atoms with Gasteiger partial charge in [-0.15, -0.1) is 0 Å². The Bertz CT molecular complexity index is 377. The summed E-state index contributed by atoms with van der Waals surface area (Å²) < 4.78 is 1.17. The summed E-state index contributed by atoms with van der Waals surface area (Å²) in [7, 11) is 0. The average molecular weight is 310 g/mol. The maximum atomic E-state index is 3.84. The van der Waals surface area contributed by atoms with Crippen molar-refractivity contribution in [1.82, 2.24) is 5.32 Å². The number of benzene rings is 1. The van der Waals surface area contributed by atoms with Gasteiger partial charge in [-0.05, 0) is 43.4 Å². The predicted molar refractivity (Wildman–Crippen MR) is 81.7 cm³/mol. The van der Waals surface area contributed by atoms with Gasteiger partial charge in [-0.2, -0.15) is 0 Å². The molecule has 1 aliphatic rings. The Hall–Kier alpha value is -0.340. The summed E-state index contributed by atoms with van der Waals surface area (Å²) in [6.07, 6.45) is 6.86. The second-order valence-electron chi connectivity index (χ2n) is 5.50. The van der Waals surface area contributed by atoms with Gasteiger partial charge in [-0.25, -0.2) is 0 Å². The van der Waals surface area contributed by atoms with E-state index in [0.717, 1.165) is 5.92 Å². The second-order valence-corrected chi connectivity index (χ2v) is 6.42. The molecule has 0 spiro atoms. The zero-order valence-electron chi connectivity index (χ0n) is 11.5. The average Bonchev–Trinajstić information content (AvgIpc) is 2.39. The number of hydrogen-bond donors (Lipinski definition) is 1. The topological polar surface area (TPSA) is 12.0 Å². The molecule has 0 saturated heterocycles. The molecule has 2 rings (SSSR count). The highest BCUT2D eigenvalue weighted by molar-refractivity contribution is 9.10. The van der Waals surface area contributed by atoms with Crippen LogP contribution in [-0.4, -0.2) is 6.04 Å². The lowest BCUT2D eigenvalue weighted by Crippen LogP contribution is -2.39. The third kappa shape index (κ3) is 3.58. The lowest BCUT2D eigenvalue weighted by atomic mass is 9.82. The molecule has 0 aliphatic heterocycles. The fourth-order valence-corrected chi connectivity index (χ4v) is 3.53. The van der Waals surface area contributed by atoms with E-state index in [0.29, 0.717) is 12.1 Å². The zero-order chi connectivity index (χ0) is 13.0. The van der Waals surface area contributed by atoms with E-state index in [1.165, 1.54) is 42.1 Å². The van der Waals surface area contributed by atoms with E-state index in [4.69, 9.17) is 0 Å². The number of halogens is 1. The molecule has 1 nitrogen and oxygen atoms in total. The van der Waals surface area contributed by atoms with Crippen molar-refractivity contribution in [2.24, 2.45) is 5.92 Å². The first-order valence-electron chi connectivity index (χ1n) is 7.22. The van der Waals surface area contributed by atoms with Crippen molar-refractivity contribution in [2.75, 3.05) is 0 Å². The number of nitrogens with one attached hydrogen (secondary N) is 1. The number of rotatable bonds is 4. The molecule has 0 bridgehead atoms. The van der Waals surface area contributed by atoms with Crippen molar-refractivity contribution in [3.05, 3.63) is 34.3 Å². The lowest BCUT2D eigenvalue weighted by Gasteiger charge is -2.34. The molecule has 0 heterocycles. The van der Waals surface area contributed by atoms with E-state index in [1.54, 1.807) is 0 Å². The summed E-state index contributed by atoms with van der Waals surface area (Å²) in [4.78, 5) is 0. The first-order chi connectivity index (χ1) is 8.70. The molecule has 3 unspecified atom stereocenters. The van der Waals surface area contributed by atoms with Crippen LogP contribution in [0.3, 0.4) is 0 Å². The molecule has 1 fully saturated rings. The highest BCUT2D eigenvalue weighted by Crippen LogP contribution is 2.29. The molecular formula is C16H24BrN. The van der Waals surface area contributed by atoms with Crippen LogP contribution in [0.1, 0.15) is 57.6 Å². The van der Waals surface area contributed by atoms with Gasteiger partial charge < -0.3 is 5.32 Å². The van der Waals surface area contributed by atoms with Crippen molar-refractivity contribution in [3.8, 4) is 0 Å². The van der Waals surface area contributed by atoms with E-state index in [1.807, 2.05) is 0 Å². The standard InChI is InChI=1S/C16H24BrN/c1-3-13-7-4-5-10-16(13)18-12(2)14-8-6-9-15(17)11-14/h6,8-9,11-13,16,18H,3-5,7,10H2,1-2H3.